The summed E-state index contributed by atoms with van der Waals surface area (Å²) in [4.78, 5) is 8.18. The molecule has 0 bridgehead atoms. The van der Waals surface area contributed by atoms with Gasteiger partial charge in [-0.1, -0.05) is 53.5 Å². The van der Waals surface area contributed by atoms with Crippen LogP contribution in [0.5, 0.6) is 0 Å². The fourth-order valence-corrected chi connectivity index (χ4v) is 3.70. The van der Waals surface area contributed by atoms with Gasteiger partial charge in [-0.25, -0.2) is 23.1 Å². The second-order valence-corrected chi connectivity index (χ2v) is 7.95. The third kappa shape index (κ3) is 4.31. The molecular weight excluding hydrogens is 395 g/mol. The number of sulfonamides is 1. The van der Waals surface area contributed by atoms with Crippen molar-refractivity contribution in [2.45, 2.75) is 6.54 Å². The molecule has 3 aromatic rings. The van der Waals surface area contributed by atoms with Crippen molar-refractivity contribution in [3.63, 3.8) is 0 Å². The summed E-state index contributed by atoms with van der Waals surface area (Å²) in [5.74, 6) is 0.628. The zero-order chi connectivity index (χ0) is 18.6. The van der Waals surface area contributed by atoms with Gasteiger partial charge in [-0.3, -0.25) is 4.57 Å². The largest absolute Gasteiger partial charge is 0.291 e. The molecule has 0 amide bonds. The minimum absolute atomic E-state index is 0.0337. The maximum Gasteiger partial charge on any atom is 0.253 e. The Morgan fingerprint density at radius 1 is 1.12 bits per heavy atom. The number of nitrogens with one attached hydrogen (secondary N) is 1. The highest BCUT2D eigenvalue weighted by Crippen LogP contribution is 2.28. The van der Waals surface area contributed by atoms with Crippen molar-refractivity contribution in [3.8, 4) is 5.82 Å². The lowest BCUT2D eigenvalue weighted by molar-refractivity contribution is 0.590. The molecule has 26 heavy (non-hydrogen) atoms. The topological polar surface area (TPSA) is 76.9 Å². The third-order valence-electron chi connectivity index (χ3n) is 3.48. The Morgan fingerprint density at radius 2 is 1.88 bits per heavy atom. The molecule has 0 spiro atoms. The van der Waals surface area contributed by atoms with Crippen LogP contribution in [-0.2, 0) is 16.6 Å². The molecule has 0 atom stereocenters. The van der Waals surface area contributed by atoms with E-state index in [2.05, 4.69) is 14.7 Å². The smallest absolute Gasteiger partial charge is 0.253 e. The molecule has 134 valence electrons. The van der Waals surface area contributed by atoms with Crippen LogP contribution in [0.25, 0.3) is 10.9 Å². The Balaban J connectivity index is 1.77. The molecule has 0 aliphatic heterocycles. The second-order valence-electron chi connectivity index (χ2n) is 5.27. The van der Waals surface area contributed by atoms with Gasteiger partial charge in [-0.05, 0) is 23.3 Å². The Hall–Kier alpha value is -2.19. The molecular formula is C17H14Cl2N4O2S. The molecule has 3 rings (SSSR count). The maximum absolute atomic E-state index is 12.4. The first kappa shape index (κ1) is 18.6. The van der Waals surface area contributed by atoms with E-state index in [1.54, 1.807) is 71.9 Å². The maximum atomic E-state index is 12.4. The van der Waals surface area contributed by atoms with Crippen LogP contribution in [-0.4, -0.2) is 23.0 Å². The van der Waals surface area contributed by atoms with Gasteiger partial charge in [0.15, 0.2) is 4.36 Å². The minimum atomic E-state index is -3.95. The molecule has 1 N–H and O–H groups in total. The number of hydrogen-bond donors (Lipinski definition) is 1. The number of nitrogens with zero attached hydrogens (tertiary/aromatic N) is 3. The normalized spacial score (nSPS) is 12.7. The third-order valence-corrected chi connectivity index (χ3v) is 6.10. The quantitative estimate of drug-likeness (QED) is 0.676. The lowest BCUT2D eigenvalue weighted by atomic mass is 10.2. The van der Waals surface area contributed by atoms with E-state index in [9.17, 15) is 8.42 Å². The summed E-state index contributed by atoms with van der Waals surface area (Å²) in [6.07, 6.45) is 6.58. The summed E-state index contributed by atoms with van der Waals surface area (Å²) < 4.78 is 28.5. The molecule has 2 aromatic heterocycles. The molecule has 0 fully saturated rings. The highest BCUT2D eigenvalue weighted by Gasteiger charge is 2.20. The minimum Gasteiger partial charge on any atom is -0.291 e. The van der Waals surface area contributed by atoms with Crippen LogP contribution in [0.2, 0.25) is 0 Å². The van der Waals surface area contributed by atoms with E-state index in [0.717, 1.165) is 0 Å². The lowest BCUT2D eigenvalue weighted by Crippen LogP contribution is -2.23. The van der Waals surface area contributed by atoms with E-state index in [1.165, 1.54) is 0 Å². The fourth-order valence-electron chi connectivity index (χ4n) is 2.16. The summed E-state index contributed by atoms with van der Waals surface area (Å²) in [7, 11) is -3.95. The molecule has 2 heterocycles. The monoisotopic (exact) mass is 408 g/mol. The summed E-state index contributed by atoms with van der Waals surface area (Å²) in [6, 6.07) is 12.1. The molecule has 1 aromatic carbocycles. The van der Waals surface area contributed by atoms with Gasteiger partial charge in [0.2, 0.25) is 0 Å². The van der Waals surface area contributed by atoms with E-state index in [-0.39, 0.29) is 11.6 Å². The zero-order valence-electron chi connectivity index (χ0n) is 13.4. The molecule has 0 radical (unpaired) electrons. The lowest BCUT2D eigenvalue weighted by Gasteiger charge is -2.09. The van der Waals surface area contributed by atoms with Crippen LogP contribution in [0.1, 0.15) is 11.1 Å². The van der Waals surface area contributed by atoms with Gasteiger partial charge in [0.1, 0.15) is 12.1 Å². The predicted molar refractivity (Wildman–Crippen MR) is 102 cm³/mol. The number of benzene rings is 1. The Labute approximate surface area is 161 Å². The van der Waals surface area contributed by atoms with Crippen molar-refractivity contribution in [2.24, 2.45) is 0 Å². The van der Waals surface area contributed by atoms with Crippen LogP contribution in [0, 0.1) is 0 Å². The molecule has 6 nitrogen and oxygen atoms in total. The van der Waals surface area contributed by atoms with Crippen molar-refractivity contribution in [3.05, 3.63) is 82.9 Å². The highest BCUT2D eigenvalue weighted by atomic mass is 35.5. The van der Waals surface area contributed by atoms with Crippen LogP contribution in [0.15, 0.2) is 71.7 Å². The van der Waals surface area contributed by atoms with Crippen molar-refractivity contribution < 1.29 is 8.42 Å². The van der Waals surface area contributed by atoms with Crippen molar-refractivity contribution >= 4 is 38.3 Å². The first-order valence-corrected chi connectivity index (χ1v) is 9.75. The van der Waals surface area contributed by atoms with Crippen LogP contribution < -0.4 is 4.72 Å². The van der Waals surface area contributed by atoms with E-state index in [1.807, 2.05) is 0 Å². The predicted octanol–water partition coefficient (Wildman–Crippen LogP) is 3.49. The Bertz CT molecular complexity index is 1020. The highest BCUT2D eigenvalue weighted by molar-refractivity contribution is 7.95. The number of rotatable bonds is 6. The first-order chi connectivity index (χ1) is 12.5. The van der Waals surface area contributed by atoms with Crippen molar-refractivity contribution in [1.82, 2.24) is 19.3 Å². The van der Waals surface area contributed by atoms with Gasteiger partial charge in [-0.15, -0.1) is 0 Å². The standard InChI is InChI=1S/C17H14Cl2N4O2S/c18-16(14-4-2-1-3-5-14)17(19)26(24,25)22-11-13-6-7-21-15(10-13)23-9-8-20-12-23/h1-10,12,22H,11H2. The van der Waals surface area contributed by atoms with Gasteiger partial charge in [0, 0.05) is 25.1 Å². The van der Waals surface area contributed by atoms with E-state index in [0.29, 0.717) is 16.9 Å². The fraction of sp³-hybridized carbons (Fsp3) is 0.0588. The molecule has 0 saturated heterocycles. The molecule has 0 aliphatic rings. The number of pyridine rings is 1. The van der Waals surface area contributed by atoms with Gasteiger partial charge in [-0.2, -0.15) is 0 Å². The summed E-state index contributed by atoms with van der Waals surface area (Å²) in [5.41, 5.74) is 1.24. The zero-order valence-corrected chi connectivity index (χ0v) is 15.7. The summed E-state index contributed by atoms with van der Waals surface area (Å²) in [6.45, 7) is 0.0434. The molecule has 0 unspecified atom stereocenters. The molecule has 0 aliphatic carbocycles. The first-order valence-electron chi connectivity index (χ1n) is 7.51. The molecule has 9 heteroatoms. The van der Waals surface area contributed by atoms with Crippen LogP contribution in [0.3, 0.4) is 0 Å². The average Bonchev–Trinajstić information content (AvgIpc) is 3.21. The average molecular weight is 409 g/mol. The Morgan fingerprint density at radius 3 is 2.58 bits per heavy atom. The Kier molecular flexibility index (Phi) is 5.73. The number of hydrogen-bond acceptors (Lipinski definition) is 4. The SMILES string of the molecule is O=S(=O)(NCc1ccnc(-n2ccnc2)c1)C(Cl)=C(Cl)c1ccccc1. The van der Waals surface area contributed by atoms with Crippen LogP contribution in [0.4, 0.5) is 0 Å². The number of aromatic nitrogens is 3. The summed E-state index contributed by atoms with van der Waals surface area (Å²) in [5, 5.41) is -0.0337. The van der Waals surface area contributed by atoms with E-state index in [4.69, 9.17) is 23.2 Å². The van der Waals surface area contributed by atoms with E-state index < -0.39 is 14.4 Å². The van der Waals surface area contributed by atoms with Gasteiger partial charge >= 0.3 is 0 Å². The van der Waals surface area contributed by atoms with Gasteiger partial charge in [0.05, 0.1) is 5.03 Å². The second kappa shape index (κ2) is 8.01. The van der Waals surface area contributed by atoms with Crippen molar-refractivity contribution in [1.29, 1.82) is 0 Å². The number of halogens is 2. The van der Waals surface area contributed by atoms with Crippen LogP contribution >= 0.6 is 23.2 Å². The van der Waals surface area contributed by atoms with Crippen molar-refractivity contribution in [2.75, 3.05) is 0 Å². The van der Waals surface area contributed by atoms with Gasteiger partial charge in [0.25, 0.3) is 10.0 Å². The van der Waals surface area contributed by atoms with E-state index >= 15 is 0 Å². The number of imidazole rings is 1. The summed E-state index contributed by atoms with van der Waals surface area (Å²) >= 11 is 12.1. The van der Waals surface area contributed by atoms with Gasteiger partial charge < -0.3 is 0 Å². The molecule has 0 saturated carbocycles.